The van der Waals surface area contributed by atoms with Gasteiger partial charge in [0.2, 0.25) is 5.79 Å². The van der Waals surface area contributed by atoms with E-state index in [2.05, 4.69) is 23.8 Å². The Bertz CT molecular complexity index is 474. The predicted octanol–water partition coefficient (Wildman–Crippen LogP) is 6.43. The number of hydrogen-bond acceptors (Lipinski definition) is 5. The lowest BCUT2D eigenvalue weighted by molar-refractivity contribution is -0.428. The molecule has 0 aliphatic carbocycles. The molecule has 0 amide bonds. The summed E-state index contributed by atoms with van der Waals surface area (Å²) in [4.78, 5) is 22.1. The molecule has 0 spiro atoms. The van der Waals surface area contributed by atoms with Crippen LogP contribution >= 0.6 is 0 Å². The summed E-state index contributed by atoms with van der Waals surface area (Å²) in [6.07, 6.45) is 24.1. The summed E-state index contributed by atoms with van der Waals surface area (Å²) in [5, 5.41) is 0. The van der Waals surface area contributed by atoms with E-state index in [1.54, 1.807) is 7.11 Å². The summed E-state index contributed by atoms with van der Waals surface area (Å²) in [7, 11) is 2.98. The number of ether oxygens (including phenoxy) is 2. The molecule has 0 unspecified atom stereocenters. The van der Waals surface area contributed by atoms with Crippen LogP contribution in [0.4, 0.5) is 0 Å². The first-order valence-corrected chi connectivity index (χ1v) is 11.4. The highest BCUT2D eigenvalue weighted by atomic mass is 17.2. The topological polar surface area (TPSA) is 54.0 Å². The van der Waals surface area contributed by atoms with Crippen LogP contribution in [-0.2, 0) is 24.0 Å². The van der Waals surface area contributed by atoms with Crippen LogP contribution in [0.1, 0.15) is 96.8 Å². The molecule has 168 valence electrons. The van der Waals surface area contributed by atoms with Gasteiger partial charge in [0.15, 0.2) is 0 Å². The summed E-state index contributed by atoms with van der Waals surface area (Å²) >= 11 is 0. The SMILES string of the molecule is C/C=C/CCCCCCCCCCCCC[C@]1(OC)C=C[C@H](CC(=O)OC)OO1. The van der Waals surface area contributed by atoms with Gasteiger partial charge < -0.3 is 9.47 Å². The molecule has 0 saturated heterocycles. The Hall–Kier alpha value is -1.17. The van der Waals surface area contributed by atoms with Crippen molar-refractivity contribution in [1.29, 1.82) is 0 Å². The van der Waals surface area contributed by atoms with Gasteiger partial charge in [0.05, 0.1) is 13.5 Å². The highest BCUT2D eigenvalue weighted by Crippen LogP contribution is 2.28. The molecule has 1 heterocycles. The van der Waals surface area contributed by atoms with Gasteiger partial charge in [0.25, 0.3) is 0 Å². The van der Waals surface area contributed by atoms with Gasteiger partial charge in [0, 0.05) is 13.5 Å². The van der Waals surface area contributed by atoms with Crippen molar-refractivity contribution in [3.8, 4) is 0 Å². The summed E-state index contributed by atoms with van der Waals surface area (Å²) < 4.78 is 10.2. The average molecular weight is 411 g/mol. The van der Waals surface area contributed by atoms with Crippen LogP contribution < -0.4 is 0 Å². The largest absolute Gasteiger partial charge is 0.469 e. The fraction of sp³-hybridized carbons (Fsp3) is 0.792. The first-order chi connectivity index (χ1) is 14.2. The monoisotopic (exact) mass is 410 g/mol. The highest BCUT2D eigenvalue weighted by Gasteiger charge is 2.34. The van der Waals surface area contributed by atoms with E-state index < -0.39 is 11.9 Å². The third-order valence-electron chi connectivity index (χ3n) is 5.45. The van der Waals surface area contributed by atoms with E-state index in [1.165, 1.54) is 77.7 Å². The minimum atomic E-state index is -0.834. The summed E-state index contributed by atoms with van der Waals surface area (Å²) in [6, 6.07) is 0. The number of carbonyl (C=O) groups excluding carboxylic acids is 1. The molecule has 5 nitrogen and oxygen atoms in total. The van der Waals surface area contributed by atoms with Gasteiger partial charge in [-0.1, -0.05) is 76.0 Å². The van der Waals surface area contributed by atoms with E-state index in [0.29, 0.717) is 0 Å². The zero-order chi connectivity index (χ0) is 21.2. The Morgan fingerprint density at radius 1 is 0.966 bits per heavy atom. The molecule has 0 bridgehead atoms. The van der Waals surface area contributed by atoms with Gasteiger partial charge >= 0.3 is 5.97 Å². The van der Waals surface area contributed by atoms with E-state index in [-0.39, 0.29) is 12.4 Å². The number of allylic oxidation sites excluding steroid dienone is 2. The Balaban J connectivity index is 2.01. The second-order valence-electron chi connectivity index (χ2n) is 7.87. The summed E-state index contributed by atoms with van der Waals surface area (Å²) in [5.41, 5.74) is 0. The molecule has 0 aromatic rings. The Labute approximate surface area is 177 Å². The third kappa shape index (κ3) is 12.2. The van der Waals surface area contributed by atoms with Crippen molar-refractivity contribution in [2.75, 3.05) is 14.2 Å². The predicted molar refractivity (Wildman–Crippen MR) is 116 cm³/mol. The fourth-order valence-corrected chi connectivity index (χ4v) is 3.53. The van der Waals surface area contributed by atoms with Gasteiger partial charge in [0.1, 0.15) is 6.10 Å². The number of esters is 1. The zero-order valence-corrected chi connectivity index (χ0v) is 18.8. The molecule has 1 rings (SSSR count). The van der Waals surface area contributed by atoms with Crippen LogP contribution in [-0.4, -0.2) is 32.1 Å². The molecule has 2 atom stereocenters. The van der Waals surface area contributed by atoms with Crippen LogP contribution in [0, 0.1) is 0 Å². The first kappa shape index (κ1) is 25.9. The van der Waals surface area contributed by atoms with Crippen molar-refractivity contribution < 1.29 is 24.0 Å². The van der Waals surface area contributed by atoms with E-state index in [4.69, 9.17) is 14.5 Å². The lowest BCUT2D eigenvalue weighted by Crippen LogP contribution is -2.38. The molecule has 0 N–H and O–H groups in total. The minimum absolute atomic E-state index is 0.142. The summed E-state index contributed by atoms with van der Waals surface area (Å²) in [6.45, 7) is 2.09. The van der Waals surface area contributed by atoms with E-state index in [0.717, 1.165) is 12.8 Å². The number of carbonyl (C=O) groups is 1. The number of rotatable bonds is 17. The second kappa shape index (κ2) is 16.6. The number of hydrogen-bond donors (Lipinski definition) is 0. The standard InChI is InChI=1S/C24H42O5/c1-4-5-6-7-8-9-10-11-12-13-14-15-16-17-19-24(27-3)20-18-22(28-29-24)21-23(25)26-2/h4-5,18,20,22H,6-17,19,21H2,1-3H3/b5-4+/t22-,24-/m1/s1. The molecule has 0 fully saturated rings. The van der Waals surface area contributed by atoms with E-state index >= 15 is 0 Å². The Morgan fingerprint density at radius 2 is 1.55 bits per heavy atom. The minimum Gasteiger partial charge on any atom is -0.469 e. The maximum Gasteiger partial charge on any atom is 0.308 e. The van der Waals surface area contributed by atoms with Crippen LogP contribution in [0.15, 0.2) is 24.3 Å². The Kier molecular flexibility index (Phi) is 14.8. The van der Waals surface area contributed by atoms with Gasteiger partial charge in [-0.3, -0.25) is 4.79 Å². The molecule has 0 aromatic heterocycles. The van der Waals surface area contributed by atoms with E-state index in [9.17, 15) is 4.79 Å². The normalized spacial score (nSPS) is 21.7. The first-order valence-electron chi connectivity index (χ1n) is 11.4. The molecule has 29 heavy (non-hydrogen) atoms. The second-order valence-corrected chi connectivity index (χ2v) is 7.87. The average Bonchev–Trinajstić information content (AvgIpc) is 2.75. The van der Waals surface area contributed by atoms with E-state index in [1.807, 2.05) is 12.2 Å². The van der Waals surface area contributed by atoms with Crippen molar-refractivity contribution in [1.82, 2.24) is 0 Å². The molecule has 0 aromatic carbocycles. The van der Waals surface area contributed by atoms with Gasteiger partial charge in [-0.05, 0) is 32.3 Å². The van der Waals surface area contributed by atoms with Gasteiger partial charge in [-0.25, -0.2) is 4.89 Å². The van der Waals surface area contributed by atoms with Crippen LogP contribution in [0.2, 0.25) is 0 Å². The number of methoxy groups -OCH3 is 2. The molecule has 0 saturated carbocycles. The smallest absolute Gasteiger partial charge is 0.308 e. The van der Waals surface area contributed by atoms with Crippen molar-refractivity contribution >= 4 is 5.97 Å². The quantitative estimate of drug-likeness (QED) is 0.120. The van der Waals surface area contributed by atoms with Gasteiger partial charge in [-0.2, -0.15) is 4.89 Å². The van der Waals surface area contributed by atoms with Crippen molar-refractivity contribution in [3.63, 3.8) is 0 Å². The van der Waals surface area contributed by atoms with Crippen molar-refractivity contribution in [2.45, 2.75) is 109 Å². The molecular weight excluding hydrogens is 368 g/mol. The molecule has 1 aliphatic rings. The maximum atomic E-state index is 11.3. The van der Waals surface area contributed by atoms with Crippen LogP contribution in [0.5, 0.6) is 0 Å². The summed E-state index contributed by atoms with van der Waals surface area (Å²) in [5.74, 6) is -1.16. The lowest BCUT2D eigenvalue weighted by Gasteiger charge is -2.32. The van der Waals surface area contributed by atoms with Crippen LogP contribution in [0.25, 0.3) is 0 Å². The molecule has 1 aliphatic heterocycles. The molecular formula is C24H42O5. The van der Waals surface area contributed by atoms with Crippen molar-refractivity contribution in [2.24, 2.45) is 0 Å². The molecule has 0 radical (unpaired) electrons. The number of unbranched alkanes of at least 4 members (excludes halogenated alkanes) is 11. The van der Waals surface area contributed by atoms with Crippen LogP contribution in [0.3, 0.4) is 0 Å². The van der Waals surface area contributed by atoms with Gasteiger partial charge in [-0.15, -0.1) is 0 Å². The fourth-order valence-electron chi connectivity index (χ4n) is 3.53. The third-order valence-corrected chi connectivity index (χ3v) is 5.45. The lowest BCUT2D eigenvalue weighted by atomic mass is 10.0. The van der Waals surface area contributed by atoms with Crippen molar-refractivity contribution in [3.05, 3.63) is 24.3 Å². The Morgan fingerprint density at radius 3 is 2.03 bits per heavy atom. The zero-order valence-electron chi connectivity index (χ0n) is 18.8. The molecule has 5 heteroatoms. The maximum absolute atomic E-state index is 11.3. The highest BCUT2D eigenvalue weighted by molar-refractivity contribution is 5.70.